The number of fused-ring (bicyclic) bond motifs is 3. The normalized spacial score (nSPS) is 15.9. The van der Waals surface area contributed by atoms with Crippen molar-refractivity contribution >= 4 is 66.1 Å². The van der Waals surface area contributed by atoms with Crippen molar-refractivity contribution in [3.8, 4) is 21.3 Å². The van der Waals surface area contributed by atoms with Crippen molar-refractivity contribution in [3.63, 3.8) is 0 Å². The van der Waals surface area contributed by atoms with Gasteiger partial charge in [-0.1, -0.05) is 103 Å². The third kappa shape index (κ3) is 6.68. The van der Waals surface area contributed by atoms with Crippen LogP contribution in [0.1, 0.15) is 90.6 Å². The van der Waals surface area contributed by atoms with Gasteiger partial charge in [-0.3, -0.25) is 9.59 Å². The fourth-order valence-corrected chi connectivity index (χ4v) is 10.1. The quantitative estimate of drug-likeness (QED) is 0.0986. The lowest BCUT2D eigenvalue weighted by Gasteiger charge is -2.28. The Kier molecular flexibility index (Phi) is 10.5. The molecule has 2 atom stereocenters. The van der Waals surface area contributed by atoms with Crippen molar-refractivity contribution < 1.29 is 18.4 Å². The van der Waals surface area contributed by atoms with Crippen LogP contribution in [0.5, 0.6) is 0 Å². The molecule has 8 heteroatoms. The first kappa shape index (κ1) is 36.3. The van der Waals surface area contributed by atoms with Gasteiger partial charge in [-0.2, -0.15) is 0 Å². The summed E-state index contributed by atoms with van der Waals surface area (Å²) in [5, 5.41) is 2.32. The number of amides is 2. The van der Waals surface area contributed by atoms with Crippen molar-refractivity contribution in [2.75, 3.05) is 13.1 Å². The van der Waals surface area contributed by atoms with E-state index in [1.54, 1.807) is 22.7 Å². The molecule has 0 saturated heterocycles. The minimum Gasteiger partial charge on any atom is -0.454 e. The van der Waals surface area contributed by atoms with Crippen LogP contribution in [-0.2, 0) is 9.59 Å². The zero-order valence-electron chi connectivity index (χ0n) is 31.7. The Morgan fingerprint density at radius 1 is 0.556 bits per heavy atom. The summed E-state index contributed by atoms with van der Waals surface area (Å²) in [5.41, 5.74) is 2.03. The van der Waals surface area contributed by atoms with Gasteiger partial charge < -0.3 is 18.6 Å². The van der Waals surface area contributed by atoms with Gasteiger partial charge in [0, 0.05) is 22.5 Å². The van der Waals surface area contributed by atoms with Crippen LogP contribution in [0.3, 0.4) is 0 Å². The Labute approximate surface area is 325 Å². The Morgan fingerprint density at radius 3 is 1.35 bits per heavy atom. The molecule has 6 heterocycles. The molecule has 6 nitrogen and oxygen atoms in total. The maximum atomic E-state index is 15.1. The SMILES string of the molecule is CCCCC(CC)CN1C(=O)C2=C(c3ccc(-c4cc5ccccc5s4)o3)N(CC(CC)CCCC)C(=O)C2=C1c1ccc(-c2cc3ccccc3s2)o1. The van der Waals surface area contributed by atoms with Gasteiger partial charge in [0.25, 0.3) is 11.8 Å². The van der Waals surface area contributed by atoms with Crippen molar-refractivity contribution in [2.24, 2.45) is 11.8 Å². The van der Waals surface area contributed by atoms with Crippen LogP contribution < -0.4 is 0 Å². The van der Waals surface area contributed by atoms with E-state index < -0.39 is 0 Å². The minimum atomic E-state index is -0.151. The molecule has 0 N–H and O–H groups in total. The van der Waals surface area contributed by atoms with Gasteiger partial charge in [-0.25, -0.2) is 0 Å². The topological polar surface area (TPSA) is 66.9 Å². The molecule has 0 radical (unpaired) electrons. The zero-order valence-corrected chi connectivity index (χ0v) is 33.3. The van der Waals surface area contributed by atoms with Gasteiger partial charge in [0.05, 0.1) is 20.9 Å². The molecule has 2 aliphatic heterocycles. The molecule has 2 unspecified atom stereocenters. The molecule has 2 amide bonds. The molecular formula is C46H48N2O4S2. The fraction of sp³-hybridized carbons (Fsp3) is 0.348. The molecule has 0 spiro atoms. The summed E-state index contributed by atoms with van der Waals surface area (Å²) in [5.74, 6) is 2.83. The lowest BCUT2D eigenvalue weighted by molar-refractivity contribution is -0.124. The van der Waals surface area contributed by atoms with Crippen molar-refractivity contribution in [2.45, 2.75) is 79.1 Å². The third-order valence-electron chi connectivity index (χ3n) is 11.2. The summed E-state index contributed by atoms with van der Waals surface area (Å²) in [6.45, 7) is 9.84. The molecule has 0 aliphatic carbocycles. The van der Waals surface area contributed by atoms with E-state index in [2.05, 4.69) is 64.1 Å². The molecule has 0 fully saturated rings. The second kappa shape index (κ2) is 15.6. The molecule has 0 bridgehead atoms. The summed E-state index contributed by atoms with van der Waals surface area (Å²) in [6.07, 6.45) is 8.28. The Bertz CT molecular complexity index is 2150. The number of carbonyl (C=O) groups is 2. The first-order valence-electron chi connectivity index (χ1n) is 19.7. The van der Waals surface area contributed by atoms with E-state index in [4.69, 9.17) is 8.83 Å². The van der Waals surface area contributed by atoms with Gasteiger partial charge >= 0.3 is 0 Å². The maximum absolute atomic E-state index is 15.1. The van der Waals surface area contributed by atoms with Gasteiger partial charge in [-0.05, 0) is 84.0 Å². The van der Waals surface area contributed by atoms with Gasteiger partial charge in [0.2, 0.25) is 0 Å². The molecule has 54 heavy (non-hydrogen) atoms. The number of thiophene rings is 2. The summed E-state index contributed by atoms with van der Waals surface area (Å²) in [4.78, 5) is 35.8. The van der Waals surface area contributed by atoms with Crippen LogP contribution in [0.15, 0.2) is 105 Å². The molecular weight excluding hydrogens is 709 g/mol. The van der Waals surface area contributed by atoms with E-state index in [-0.39, 0.29) is 23.7 Å². The van der Waals surface area contributed by atoms with Crippen LogP contribution in [-0.4, -0.2) is 34.7 Å². The molecule has 2 aromatic carbocycles. The van der Waals surface area contributed by atoms with Crippen LogP contribution in [0.25, 0.3) is 52.8 Å². The smallest absolute Gasteiger partial charge is 0.261 e. The predicted molar refractivity (Wildman–Crippen MR) is 223 cm³/mol. The first-order chi connectivity index (χ1) is 26.4. The average Bonchev–Trinajstić information content (AvgIpc) is 4.05. The average molecular weight is 757 g/mol. The highest BCUT2D eigenvalue weighted by atomic mass is 32.1. The number of hydrogen-bond donors (Lipinski definition) is 0. The number of hydrogen-bond acceptors (Lipinski definition) is 6. The Hall–Kier alpha value is -4.66. The number of nitrogens with zero attached hydrogens (tertiary/aromatic N) is 2. The predicted octanol–water partition coefficient (Wildman–Crippen LogP) is 12.9. The molecule has 278 valence electrons. The Morgan fingerprint density at radius 2 is 0.963 bits per heavy atom. The molecule has 8 rings (SSSR count). The van der Waals surface area contributed by atoms with E-state index in [0.29, 0.717) is 47.2 Å². The number of furan rings is 2. The van der Waals surface area contributed by atoms with Crippen molar-refractivity contribution in [1.29, 1.82) is 0 Å². The summed E-state index contributed by atoms with van der Waals surface area (Å²) in [7, 11) is 0. The summed E-state index contributed by atoms with van der Waals surface area (Å²) < 4.78 is 15.7. The lowest BCUT2D eigenvalue weighted by Crippen LogP contribution is -2.34. The van der Waals surface area contributed by atoms with E-state index in [9.17, 15) is 0 Å². The van der Waals surface area contributed by atoms with Gasteiger partial charge in [0.15, 0.2) is 11.5 Å². The standard InChI is InChI=1S/C46H48N2O4S2/c1-5-9-15-29(7-3)27-47-43(35-23-21-33(51-35)39-25-31-17-11-13-19-37(31)53-39)41-42(45(47)49)44(48(46(41)50)28-30(8-4)16-10-6-2)36-24-22-34(52-36)40-26-32-18-12-14-20-38(32)54-40/h11-14,17-26,29-30H,5-10,15-16,27-28H2,1-4H3. The van der Waals surface area contributed by atoms with Crippen molar-refractivity contribution in [1.82, 2.24) is 9.80 Å². The number of rotatable bonds is 16. The minimum absolute atomic E-state index is 0.151. The fourth-order valence-electron chi connectivity index (χ4n) is 8.01. The van der Waals surface area contributed by atoms with Crippen LogP contribution >= 0.6 is 22.7 Å². The lowest BCUT2D eigenvalue weighted by atomic mass is 9.98. The maximum Gasteiger partial charge on any atom is 0.261 e. The molecule has 4 aromatic heterocycles. The number of benzene rings is 2. The molecule has 2 aliphatic rings. The van der Waals surface area contributed by atoms with E-state index in [1.165, 1.54) is 9.40 Å². The largest absolute Gasteiger partial charge is 0.454 e. The van der Waals surface area contributed by atoms with Crippen LogP contribution in [0.4, 0.5) is 0 Å². The van der Waals surface area contributed by atoms with E-state index in [1.807, 2.05) is 58.3 Å². The van der Waals surface area contributed by atoms with E-state index >= 15 is 9.59 Å². The number of unbranched alkanes of at least 4 members (excludes halogenated alkanes) is 2. The van der Waals surface area contributed by atoms with Crippen LogP contribution in [0, 0.1) is 11.8 Å². The molecule has 0 saturated carbocycles. The zero-order chi connectivity index (χ0) is 37.3. The summed E-state index contributed by atoms with van der Waals surface area (Å²) >= 11 is 3.36. The molecule has 6 aromatic rings. The monoisotopic (exact) mass is 756 g/mol. The highest BCUT2D eigenvalue weighted by Gasteiger charge is 2.51. The first-order valence-corrected chi connectivity index (χ1v) is 21.4. The van der Waals surface area contributed by atoms with Gasteiger partial charge in [-0.15, -0.1) is 22.7 Å². The number of carbonyl (C=O) groups excluding carboxylic acids is 2. The second-order valence-corrected chi connectivity index (χ2v) is 16.9. The highest BCUT2D eigenvalue weighted by Crippen LogP contribution is 2.49. The van der Waals surface area contributed by atoms with Crippen LogP contribution in [0.2, 0.25) is 0 Å². The highest BCUT2D eigenvalue weighted by molar-refractivity contribution is 7.22. The summed E-state index contributed by atoms with van der Waals surface area (Å²) in [6, 6.07) is 28.8. The third-order valence-corrected chi connectivity index (χ3v) is 13.4. The van der Waals surface area contributed by atoms with Crippen molar-refractivity contribution in [3.05, 3.63) is 108 Å². The van der Waals surface area contributed by atoms with E-state index in [0.717, 1.165) is 83.4 Å². The second-order valence-electron chi connectivity index (χ2n) is 14.7. The Balaban J connectivity index is 1.27. The van der Waals surface area contributed by atoms with Gasteiger partial charge in [0.1, 0.15) is 22.9 Å².